The van der Waals surface area contributed by atoms with E-state index in [9.17, 15) is 0 Å². The summed E-state index contributed by atoms with van der Waals surface area (Å²) in [5, 5.41) is 3.74. The van der Waals surface area contributed by atoms with Crippen LogP contribution < -0.4 is 5.32 Å². The SMILES string of the molecule is CCCNC(c1cccc(CC)c1)C1(C)CC1. The third kappa shape index (κ3) is 2.90. The first-order valence-electron chi connectivity index (χ1n) is 7.02. The molecule has 1 nitrogen and oxygen atoms in total. The predicted molar refractivity (Wildman–Crippen MR) is 74.2 cm³/mol. The minimum atomic E-state index is 0.502. The molecule has 0 bridgehead atoms. The Labute approximate surface area is 106 Å². The highest BCUT2D eigenvalue weighted by Gasteiger charge is 2.45. The highest BCUT2D eigenvalue weighted by atomic mass is 14.9. The third-order valence-corrected chi connectivity index (χ3v) is 4.03. The van der Waals surface area contributed by atoms with Gasteiger partial charge in [0.1, 0.15) is 0 Å². The van der Waals surface area contributed by atoms with Gasteiger partial charge in [0, 0.05) is 6.04 Å². The predicted octanol–water partition coefficient (Wildman–Crippen LogP) is 4.09. The van der Waals surface area contributed by atoms with E-state index >= 15 is 0 Å². The average Bonchev–Trinajstić information content (AvgIpc) is 3.09. The van der Waals surface area contributed by atoms with Crippen LogP contribution in [-0.4, -0.2) is 6.54 Å². The lowest BCUT2D eigenvalue weighted by molar-refractivity contribution is 0.366. The molecule has 0 spiro atoms. The summed E-state index contributed by atoms with van der Waals surface area (Å²) in [6.45, 7) is 8.00. The van der Waals surface area contributed by atoms with Crippen LogP contribution in [0.2, 0.25) is 0 Å². The molecule has 1 unspecified atom stereocenters. The van der Waals surface area contributed by atoms with Gasteiger partial charge in [-0.25, -0.2) is 0 Å². The molecule has 0 saturated heterocycles. The Hall–Kier alpha value is -0.820. The molecule has 0 heterocycles. The minimum Gasteiger partial charge on any atom is -0.309 e. The molecule has 1 fully saturated rings. The first-order valence-corrected chi connectivity index (χ1v) is 7.02. The van der Waals surface area contributed by atoms with Crippen molar-refractivity contribution >= 4 is 0 Å². The fourth-order valence-electron chi connectivity index (χ4n) is 2.53. The number of nitrogens with one attached hydrogen (secondary N) is 1. The van der Waals surface area contributed by atoms with Crippen molar-refractivity contribution in [3.8, 4) is 0 Å². The fraction of sp³-hybridized carbons (Fsp3) is 0.625. The smallest absolute Gasteiger partial charge is 0.0374 e. The van der Waals surface area contributed by atoms with Crippen LogP contribution in [0.15, 0.2) is 24.3 Å². The van der Waals surface area contributed by atoms with Gasteiger partial charge < -0.3 is 5.32 Å². The molecular weight excluding hydrogens is 206 g/mol. The van der Waals surface area contributed by atoms with Crippen LogP contribution in [0.5, 0.6) is 0 Å². The van der Waals surface area contributed by atoms with Crippen molar-refractivity contribution in [2.45, 2.75) is 52.5 Å². The van der Waals surface area contributed by atoms with Gasteiger partial charge in [0.25, 0.3) is 0 Å². The maximum absolute atomic E-state index is 3.74. The zero-order valence-electron chi connectivity index (χ0n) is 11.4. The third-order valence-electron chi connectivity index (χ3n) is 4.03. The van der Waals surface area contributed by atoms with E-state index in [1.165, 1.54) is 30.4 Å². The molecule has 1 heteroatoms. The average molecular weight is 231 g/mol. The van der Waals surface area contributed by atoms with Crippen LogP contribution in [0.3, 0.4) is 0 Å². The second-order valence-corrected chi connectivity index (χ2v) is 5.64. The van der Waals surface area contributed by atoms with Crippen molar-refractivity contribution in [2.75, 3.05) is 6.54 Å². The van der Waals surface area contributed by atoms with Gasteiger partial charge in [-0.3, -0.25) is 0 Å². The molecule has 17 heavy (non-hydrogen) atoms. The fourth-order valence-corrected chi connectivity index (χ4v) is 2.53. The molecule has 2 rings (SSSR count). The largest absolute Gasteiger partial charge is 0.309 e. The van der Waals surface area contributed by atoms with E-state index in [0.717, 1.165) is 13.0 Å². The Bertz CT molecular complexity index is 366. The Morgan fingerprint density at radius 2 is 2.06 bits per heavy atom. The molecule has 0 amide bonds. The Morgan fingerprint density at radius 1 is 1.29 bits per heavy atom. The first-order chi connectivity index (χ1) is 8.19. The van der Waals surface area contributed by atoms with Gasteiger partial charge in [-0.1, -0.05) is 45.0 Å². The molecule has 1 N–H and O–H groups in total. The molecule has 1 saturated carbocycles. The van der Waals surface area contributed by atoms with E-state index in [0.29, 0.717) is 11.5 Å². The molecule has 1 aromatic rings. The maximum Gasteiger partial charge on any atom is 0.0374 e. The number of benzene rings is 1. The molecule has 1 atom stereocenters. The number of hydrogen-bond acceptors (Lipinski definition) is 1. The van der Waals surface area contributed by atoms with Gasteiger partial charge in [0.2, 0.25) is 0 Å². The minimum absolute atomic E-state index is 0.502. The Balaban J connectivity index is 2.18. The van der Waals surface area contributed by atoms with Gasteiger partial charge in [-0.05, 0) is 48.8 Å². The van der Waals surface area contributed by atoms with Crippen molar-refractivity contribution in [2.24, 2.45) is 5.41 Å². The van der Waals surface area contributed by atoms with E-state index in [4.69, 9.17) is 0 Å². The molecule has 94 valence electrons. The van der Waals surface area contributed by atoms with Crippen molar-refractivity contribution in [3.63, 3.8) is 0 Å². The van der Waals surface area contributed by atoms with Crippen molar-refractivity contribution in [3.05, 3.63) is 35.4 Å². The van der Waals surface area contributed by atoms with Crippen LogP contribution in [0.25, 0.3) is 0 Å². The molecule has 1 aromatic carbocycles. The van der Waals surface area contributed by atoms with E-state index in [1.54, 1.807) is 0 Å². The van der Waals surface area contributed by atoms with Crippen molar-refractivity contribution in [1.29, 1.82) is 0 Å². The van der Waals surface area contributed by atoms with Crippen LogP contribution in [0, 0.1) is 5.41 Å². The van der Waals surface area contributed by atoms with E-state index in [2.05, 4.69) is 50.4 Å². The van der Waals surface area contributed by atoms with Crippen molar-refractivity contribution in [1.82, 2.24) is 5.32 Å². The van der Waals surface area contributed by atoms with Crippen LogP contribution in [0.1, 0.15) is 57.2 Å². The monoisotopic (exact) mass is 231 g/mol. The lowest BCUT2D eigenvalue weighted by Crippen LogP contribution is -2.28. The topological polar surface area (TPSA) is 12.0 Å². The quantitative estimate of drug-likeness (QED) is 0.777. The molecule has 0 aromatic heterocycles. The van der Waals surface area contributed by atoms with Gasteiger partial charge in [0.15, 0.2) is 0 Å². The summed E-state index contributed by atoms with van der Waals surface area (Å²) >= 11 is 0. The molecule has 1 aliphatic rings. The number of aryl methyl sites for hydroxylation is 1. The van der Waals surface area contributed by atoms with Crippen LogP contribution in [-0.2, 0) is 6.42 Å². The van der Waals surface area contributed by atoms with Gasteiger partial charge >= 0.3 is 0 Å². The molecule has 0 aliphatic heterocycles. The maximum atomic E-state index is 3.74. The summed E-state index contributed by atoms with van der Waals surface area (Å²) in [4.78, 5) is 0. The zero-order valence-corrected chi connectivity index (χ0v) is 11.4. The Morgan fingerprint density at radius 3 is 2.65 bits per heavy atom. The van der Waals surface area contributed by atoms with E-state index in [1.807, 2.05) is 0 Å². The summed E-state index contributed by atoms with van der Waals surface area (Å²) in [5.74, 6) is 0. The normalized spacial score (nSPS) is 19.0. The molecular formula is C16H25N. The van der Waals surface area contributed by atoms with Gasteiger partial charge in [-0.15, -0.1) is 0 Å². The van der Waals surface area contributed by atoms with E-state index in [-0.39, 0.29) is 0 Å². The number of hydrogen-bond donors (Lipinski definition) is 1. The van der Waals surface area contributed by atoms with Crippen molar-refractivity contribution < 1.29 is 0 Å². The number of rotatable bonds is 6. The van der Waals surface area contributed by atoms with Gasteiger partial charge in [0.05, 0.1) is 0 Å². The zero-order chi connectivity index (χ0) is 12.3. The summed E-state index contributed by atoms with van der Waals surface area (Å²) < 4.78 is 0. The lowest BCUT2D eigenvalue weighted by Gasteiger charge is -2.26. The second-order valence-electron chi connectivity index (χ2n) is 5.64. The molecule has 0 radical (unpaired) electrons. The second kappa shape index (κ2) is 5.22. The van der Waals surface area contributed by atoms with E-state index < -0.39 is 0 Å². The van der Waals surface area contributed by atoms with Crippen LogP contribution in [0.4, 0.5) is 0 Å². The van der Waals surface area contributed by atoms with Crippen LogP contribution >= 0.6 is 0 Å². The summed E-state index contributed by atoms with van der Waals surface area (Å²) in [7, 11) is 0. The summed E-state index contributed by atoms with van der Waals surface area (Å²) in [6, 6.07) is 9.66. The standard InChI is InChI=1S/C16H25N/c1-4-11-17-15(16(3)9-10-16)14-8-6-7-13(5-2)12-14/h6-8,12,15,17H,4-5,9-11H2,1-3H3. The summed E-state index contributed by atoms with van der Waals surface area (Å²) in [6.07, 6.45) is 5.07. The first kappa shape index (κ1) is 12.6. The highest BCUT2D eigenvalue weighted by molar-refractivity contribution is 5.29. The molecule has 1 aliphatic carbocycles. The Kier molecular flexibility index (Phi) is 3.88. The highest BCUT2D eigenvalue weighted by Crippen LogP contribution is 2.54. The van der Waals surface area contributed by atoms with Gasteiger partial charge in [-0.2, -0.15) is 0 Å². The summed E-state index contributed by atoms with van der Waals surface area (Å²) in [5.41, 5.74) is 3.44. The lowest BCUT2D eigenvalue weighted by atomic mass is 9.90.